The number of hydrogen-bond donors (Lipinski definition) is 0. The van der Waals surface area contributed by atoms with Crippen molar-refractivity contribution in [3.8, 4) is 45.3 Å². The van der Waals surface area contributed by atoms with Crippen LogP contribution in [0.25, 0.3) is 87.4 Å². The summed E-state index contributed by atoms with van der Waals surface area (Å²) in [5, 5.41) is 4.07. The van der Waals surface area contributed by atoms with Crippen molar-refractivity contribution >= 4 is 53.4 Å². The first-order valence-electron chi connectivity index (χ1n) is 18.7. The Morgan fingerprint density at radius 1 is 0.523 bits per heavy atom. The fourth-order valence-electron chi connectivity index (χ4n) is 5.60. The molecule has 0 saturated heterocycles. The molecule has 9 aromatic rings. The first kappa shape index (κ1) is 16.8. The molecule has 3 heterocycles. The Morgan fingerprint density at radius 3 is 1.91 bits per heavy atom. The monoisotopic (exact) mass is 591 g/mol. The minimum absolute atomic E-state index is 0.0359. The zero-order chi connectivity index (χ0) is 37.7. The van der Waals surface area contributed by atoms with Crippen LogP contribution >= 0.6 is 11.3 Å². The van der Waals surface area contributed by atoms with E-state index in [1.165, 1.54) is 15.5 Å². The van der Waals surface area contributed by atoms with Crippen LogP contribution in [0.5, 0.6) is 0 Å². The maximum atomic E-state index is 8.60. The van der Waals surface area contributed by atoms with Gasteiger partial charge in [0, 0.05) is 53.2 Å². The summed E-state index contributed by atoms with van der Waals surface area (Å²) in [5.74, 6) is -0.698. The molecule has 0 spiro atoms. The molecule has 6 aromatic carbocycles. The molecule has 0 aliphatic carbocycles. The fraction of sp³-hybridized carbons (Fsp3) is 0. The lowest BCUT2D eigenvalue weighted by Crippen LogP contribution is -2.00. The lowest BCUT2D eigenvalue weighted by atomic mass is 9.97. The Bertz CT molecular complexity index is 2940. The van der Waals surface area contributed by atoms with Crippen molar-refractivity contribution in [2.24, 2.45) is 0 Å². The third kappa shape index (κ3) is 4.02. The summed E-state index contributed by atoms with van der Waals surface area (Å²) >= 11 is 1.73. The zero-order valence-corrected chi connectivity index (χ0v) is 23.5. The van der Waals surface area contributed by atoms with Gasteiger partial charge in [-0.1, -0.05) is 115 Å². The molecule has 0 atom stereocenters. The number of rotatable bonds is 4. The number of nitrogens with zero attached hydrogens (tertiary/aromatic N) is 3. The number of hydrogen-bond acceptors (Lipinski definition) is 5. The summed E-state index contributed by atoms with van der Waals surface area (Å²) in [5.41, 5.74) is 2.92. The Morgan fingerprint density at radius 2 is 1.16 bits per heavy atom. The maximum Gasteiger partial charge on any atom is 0.164 e. The van der Waals surface area contributed by atoms with Crippen molar-refractivity contribution in [1.29, 1.82) is 0 Å². The molecule has 0 N–H and O–H groups in total. The average Bonchev–Trinajstić information content (AvgIpc) is 3.76. The SMILES string of the molecule is [2H]c1c([2H])c([2H])c(-c2nc(-c3ccc4c(c3)oc3cccc(-c5cccc6c5sc5ccccc56)c34)nc(-c3c([2H])c([2H])c([2H])c([2H])c3[2H])n2)c([2H])c1[2H]. The van der Waals surface area contributed by atoms with Crippen molar-refractivity contribution < 1.29 is 18.1 Å². The van der Waals surface area contributed by atoms with Gasteiger partial charge in [0.1, 0.15) is 11.2 Å². The van der Waals surface area contributed by atoms with Gasteiger partial charge in [0.2, 0.25) is 0 Å². The standard InChI is InChI=1S/C39H23N3OS/c1-3-11-24(12-4-1)37-40-38(25-13-5-2-6-14-25)42-39(41-37)26-21-22-31-33(23-26)43-32-19-10-16-28(35(31)32)30-18-9-17-29-27-15-7-8-20-34(27)44-36(29)30/h1-23H/i1D,2D,3D,4D,5D,6D,11D,12D,13D,14D. The quantitative estimate of drug-likeness (QED) is 0.204. The van der Waals surface area contributed by atoms with Crippen LogP contribution in [0.1, 0.15) is 13.7 Å². The molecule has 5 heteroatoms. The second kappa shape index (κ2) is 9.97. The highest BCUT2D eigenvalue weighted by atomic mass is 32.1. The Hall–Kier alpha value is -5.65. The van der Waals surface area contributed by atoms with Crippen molar-refractivity contribution in [3.63, 3.8) is 0 Å². The molecule has 206 valence electrons. The van der Waals surface area contributed by atoms with E-state index in [1.807, 2.05) is 30.3 Å². The van der Waals surface area contributed by atoms with Gasteiger partial charge in [-0.05, 0) is 29.8 Å². The molecule has 0 aliphatic heterocycles. The predicted molar refractivity (Wildman–Crippen MR) is 182 cm³/mol. The molecular weight excluding hydrogens is 559 g/mol. The van der Waals surface area contributed by atoms with Crippen LogP contribution in [-0.4, -0.2) is 15.0 Å². The first-order valence-corrected chi connectivity index (χ1v) is 14.5. The zero-order valence-electron chi connectivity index (χ0n) is 32.7. The van der Waals surface area contributed by atoms with Gasteiger partial charge in [0.25, 0.3) is 0 Å². The van der Waals surface area contributed by atoms with Crippen molar-refractivity contribution in [2.45, 2.75) is 0 Å². The van der Waals surface area contributed by atoms with Crippen LogP contribution in [0.4, 0.5) is 0 Å². The highest BCUT2D eigenvalue weighted by Crippen LogP contribution is 2.44. The predicted octanol–water partition coefficient (Wildman–Crippen LogP) is 10.8. The van der Waals surface area contributed by atoms with E-state index < -0.39 is 60.4 Å². The van der Waals surface area contributed by atoms with Crippen LogP contribution in [0.3, 0.4) is 0 Å². The van der Waals surface area contributed by atoms with Crippen molar-refractivity contribution in [3.05, 3.63) is 139 Å². The third-order valence-corrected chi connectivity index (χ3v) is 8.75. The van der Waals surface area contributed by atoms with Crippen LogP contribution in [-0.2, 0) is 0 Å². The second-order valence-corrected chi connectivity index (χ2v) is 11.1. The van der Waals surface area contributed by atoms with E-state index in [0.29, 0.717) is 16.7 Å². The molecule has 0 aliphatic rings. The largest absolute Gasteiger partial charge is 0.456 e. The third-order valence-electron chi connectivity index (χ3n) is 7.53. The van der Waals surface area contributed by atoms with E-state index in [1.54, 1.807) is 23.5 Å². The van der Waals surface area contributed by atoms with Gasteiger partial charge in [-0.2, -0.15) is 0 Å². The molecule has 0 saturated carbocycles. The van der Waals surface area contributed by atoms with Crippen molar-refractivity contribution in [2.75, 3.05) is 0 Å². The second-order valence-electron chi connectivity index (χ2n) is 10.1. The summed E-state index contributed by atoms with van der Waals surface area (Å²) in [6.07, 6.45) is 0. The molecule has 44 heavy (non-hydrogen) atoms. The number of benzene rings is 6. The molecule has 0 amide bonds. The summed E-state index contributed by atoms with van der Waals surface area (Å²) in [4.78, 5) is 13.5. The summed E-state index contributed by atoms with van der Waals surface area (Å²) in [6.45, 7) is 0. The van der Waals surface area contributed by atoms with E-state index in [4.69, 9.17) is 18.1 Å². The molecule has 0 radical (unpaired) electrons. The number of aromatic nitrogens is 3. The molecular formula is C39H23N3OS. The van der Waals surface area contributed by atoms with Crippen molar-refractivity contribution in [1.82, 2.24) is 15.0 Å². The van der Waals surface area contributed by atoms with E-state index in [-0.39, 0.29) is 28.6 Å². The van der Waals surface area contributed by atoms with Gasteiger partial charge >= 0.3 is 0 Å². The number of fused-ring (bicyclic) bond motifs is 6. The van der Waals surface area contributed by atoms with Crippen LogP contribution in [0, 0.1) is 0 Å². The fourth-order valence-corrected chi connectivity index (χ4v) is 6.83. The number of furan rings is 1. The highest BCUT2D eigenvalue weighted by molar-refractivity contribution is 7.26. The molecule has 0 unspecified atom stereocenters. The summed E-state index contributed by atoms with van der Waals surface area (Å²) < 4.78 is 92.3. The van der Waals surface area contributed by atoms with Gasteiger partial charge in [0.05, 0.1) is 13.7 Å². The Labute approximate surface area is 271 Å². The van der Waals surface area contributed by atoms with Crippen LogP contribution < -0.4 is 0 Å². The van der Waals surface area contributed by atoms with Gasteiger partial charge in [-0.25, -0.2) is 15.0 Å². The normalized spacial score (nSPS) is 14.8. The Kier molecular flexibility index (Phi) is 3.82. The summed E-state index contributed by atoms with van der Waals surface area (Å²) in [7, 11) is 0. The maximum absolute atomic E-state index is 8.60. The van der Waals surface area contributed by atoms with Gasteiger partial charge in [0.15, 0.2) is 17.5 Å². The highest BCUT2D eigenvalue weighted by Gasteiger charge is 2.18. The molecule has 9 rings (SSSR count). The molecule has 0 fully saturated rings. The molecule has 3 aromatic heterocycles. The Balaban J connectivity index is 1.28. The van der Waals surface area contributed by atoms with E-state index in [2.05, 4.69) is 51.4 Å². The van der Waals surface area contributed by atoms with E-state index >= 15 is 0 Å². The van der Waals surface area contributed by atoms with Crippen LogP contribution in [0.15, 0.2) is 144 Å². The topological polar surface area (TPSA) is 51.8 Å². The minimum Gasteiger partial charge on any atom is -0.456 e. The lowest BCUT2D eigenvalue weighted by molar-refractivity contribution is 0.669. The first-order chi connectivity index (χ1) is 25.9. The van der Waals surface area contributed by atoms with Gasteiger partial charge in [-0.15, -0.1) is 11.3 Å². The smallest absolute Gasteiger partial charge is 0.164 e. The summed E-state index contributed by atoms with van der Waals surface area (Å²) in [6, 6.07) is 19.9. The van der Waals surface area contributed by atoms with Gasteiger partial charge < -0.3 is 4.42 Å². The lowest BCUT2D eigenvalue weighted by Gasteiger charge is -2.08. The number of thiophene rings is 1. The average molecular weight is 592 g/mol. The molecule has 4 nitrogen and oxygen atoms in total. The van der Waals surface area contributed by atoms with E-state index in [0.717, 1.165) is 26.6 Å². The minimum atomic E-state index is -0.608. The van der Waals surface area contributed by atoms with E-state index in [9.17, 15) is 0 Å². The van der Waals surface area contributed by atoms with Gasteiger partial charge in [-0.3, -0.25) is 0 Å². The molecule has 0 bridgehead atoms. The van der Waals surface area contributed by atoms with Crippen LogP contribution in [0.2, 0.25) is 0 Å².